The molecule has 0 aromatic rings. The van der Waals surface area contributed by atoms with E-state index in [9.17, 15) is 4.79 Å². The molecule has 0 aliphatic carbocycles. The Hall–Kier alpha value is -1.06. The Labute approximate surface area is 54.1 Å². The van der Waals surface area contributed by atoms with Crippen LogP contribution < -0.4 is 11.2 Å². The van der Waals surface area contributed by atoms with Crippen LogP contribution in [0.25, 0.3) is 0 Å². The van der Waals surface area contributed by atoms with Crippen LogP contribution in [0, 0.1) is 5.92 Å². The first-order valence-corrected chi connectivity index (χ1v) is 2.51. The van der Waals surface area contributed by atoms with Crippen molar-refractivity contribution in [3.05, 3.63) is 5.92 Å². The van der Waals surface area contributed by atoms with E-state index in [1.807, 2.05) is 13.8 Å². The summed E-state index contributed by atoms with van der Waals surface area (Å²) in [7, 11) is 0. The number of urea groups is 1. The van der Waals surface area contributed by atoms with Crippen LogP contribution in [0.1, 0.15) is 13.8 Å². The van der Waals surface area contributed by atoms with Crippen molar-refractivity contribution in [1.82, 2.24) is 5.43 Å². The molecule has 4 nitrogen and oxygen atoms in total. The largest absolute Gasteiger partial charge is 0.350 e. The summed E-state index contributed by atoms with van der Waals surface area (Å²) in [6.45, 7) is 3.73. The number of hydrogen-bond donors (Lipinski definition) is 2. The molecular weight excluding hydrogens is 118 g/mol. The quantitative estimate of drug-likeness (QED) is 0.406. The van der Waals surface area contributed by atoms with Crippen LogP contribution in [-0.2, 0) is 0 Å². The minimum Gasteiger partial charge on any atom is -0.350 e. The molecule has 0 fully saturated rings. The van der Waals surface area contributed by atoms with Gasteiger partial charge in [0.15, 0.2) is 0 Å². The maximum atomic E-state index is 9.97. The molecule has 0 heterocycles. The smallest absolute Gasteiger partial charge is 0.332 e. The lowest BCUT2D eigenvalue weighted by Gasteiger charge is -1.91. The van der Waals surface area contributed by atoms with Gasteiger partial charge in [0.05, 0.1) is 0 Å². The summed E-state index contributed by atoms with van der Waals surface area (Å²) in [6, 6.07) is -0.646. The molecule has 0 rings (SSSR count). The molecule has 0 aliphatic rings. The van der Waals surface area contributed by atoms with Gasteiger partial charge < -0.3 is 5.73 Å². The van der Waals surface area contributed by atoms with Gasteiger partial charge in [-0.25, -0.2) is 10.2 Å². The molecule has 9 heavy (non-hydrogen) atoms. The van der Waals surface area contributed by atoms with Gasteiger partial charge >= 0.3 is 6.03 Å². The number of amides is 2. The highest BCUT2D eigenvalue weighted by molar-refractivity contribution is 5.76. The molecule has 0 saturated carbocycles. The average Bonchev–Trinajstić information content (AvgIpc) is 1.63. The summed E-state index contributed by atoms with van der Waals surface area (Å²) in [5.74, 6) is 1.00. The Balaban J connectivity index is 3.36. The van der Waals surface area contributed by atoms with E-state index in [0.29, 0.717) is 0 Å². The zero-order valence-electron chi connectivity index (χ0n) is 5.51. The molecule has 0 aromatic carbocycles. The van der Waals surface area contributed by atoms with Crippen molar-refractivity contribution < 1.29 is 4.79 Å². The lowest BCUT2D eigenvalue weighted by atomic mass is 10.3. The second kappa shape index (κ2) is 3.88. The molecule has 1 radical (unpaired) electrons. The molecular formula is C5H10N3O. The molecule has 0 aliphatic heterocycles. The molecule has 51 valence electrons. The number of carbonyl (C=O) groups is 1. The standard InChI is InChI=1S/C5H10N3O/c1-4(2)3-7-8-5(6)9/h3H,1-2H3,(H3,6,8,9)/b7-3+. The highest BCUT2D eigenvalue weighted by Crippen LogP contribution is 1.85. The summed E-state index contributed by atoms with van der Waals surface area (Å²) in [5.41, 5.74) is 6.77. The van der Waals surface area contributed by atoms with Gasteiger partial charge in [-0.05, 0) is 0 Å². The fourth-order valence-electron chi connectivity index (χ4n) is 0.225. The van der Waals surface area contributed by atoms with Gasteiger partial charge in [-0.2, -0.15) is 5.10 Å². The van der Waals surface area contributed by atoms with Gasteiger partial charge in [0, 0.05) is 12.1 Å². The zero-order valence-corrected chi connectivity index (χ0v) is 5.51. The number of nitrogens with one attached hydrogen (secondary N) is 1. The van der Waals surface area contributed by atoms with Crippen molar-refractivity contribution in [2.45, 2.75) is 13.8 Å². The third kappa shape index (κ3) is 6.94. The molecule has 0 saturated heterocycles. The van der Waals surface area contributed by atoms with Crippen molar-refractivity contribution in [1.29, 1.82) is 0 Å². The number of nitrogens with two attached hydrogens (primary N) is 1. The van der Waals surface area contributed by atoms with E-state index in [4.69, 9.17) is 5.73 Å². The van der Waals surface area contributed by atoms with Gasteiger partial charge in [-0.15, -0.1) is 0 Å². The minimum atomic E-state index is -0.646. The second-order valence-electron chi connectivity index (χ2n) is 1.81. The number of primary amides is 1. The lowest BCUT2D eigenvalue weighted by molar-refractivity contribution is 0.249. The molecule has 0 aromatic heterocycles. The highest BCUT2D eigenvalue weighted by Gasteiger charge is 1.86. The fourth-order valence-corrected chi connectivity index (χ4v) is 0.225. The number of hydrogen-bond acceptors (Lipinski definition) is 2. The summed E-state index contributed by atoms with van der Waals surface area (Å²) in [4.78, 5) is 9.97. The number of hydrazone groups is 1. The molecule has 3 N–H and O–H groups in total. The van der Waals surface area contributed by atoms with Crippen molar-refractivity contribution in [3.8, 4) is 0 Å². The van der Waals surface area contributed by atoms with Crippen LogP contribution in [0.4, 0.5) is 4.79 Å². The van der Waals surface area contributed by atoms with Gasteiger partial charge in [0.1, 0.15) is 0 Å². The van der Waals surface area contributed by atoms with Crippen LogP contribution in [0.3, 0.4) is 0 Å². The second-order valence-corrected chi connectivity index (χ2v) is 1.81. The van der Waals surface area contributed by atoms with E-state index in [2.05, 4.69) is 10.5 Å². The molecule has 0 atom stereocenters. The molecule has 4 heteroatoms. The highest BCUT2D eigenvalue weighted by atomic mass is 16.2. The Kier molecular flexibility index (Phi) is 3.43. The topological polar surface area (TPSA) is 67.5 Å². The maximum Gasteiger partial charge on any atom is 0.332 e. The summed E-state index contributed by atoms with van der Waals surface area (Å²) in [5, 5.41) is 3.48. The first kappa shape index (κ1) is 7.94. The Morgan fingerprint density at radius 3 is 2.56 bits per heavy atom. The summed E-state index contributed by atoms with van der Waals surface area (Å²) < 4.78 is 0. The molecule has 0 spiro atoms. The van der Waals surface area contributed by atoms with E-state index in [1.54, 1.807) is 0 Å². The van der Waals surface area contributed by atoms with Gasteiger partial charge in [-0.3, -0.25) is 0 Å². The first-order valence-electron chi connectivity index (χ1n) is 2.51. The van der Waals surface area contributed by atoms with E-state index in [-0.39, 0.29) is 0 Å². The lowest BCUT2D eigenvalue weighted by Crippen LogP contribution is -2.24. The molecule has 2 amide bonds. The van der Waals surface area contributed by atoms with Crippen molar-refractivity contribution in [3.63, 3.8) is 0 Å². The third-order valence-corrected chi connectivity index (χ3v) is 0.497. The van der Waals surface area contributed by atoms with E-state index >= 15 is 0 Å². The predicted molar refractivity (Wildman–Crippen MR) is 35.8 cm³/mol. The van der Waals surface area contributed by atoms with Crippen molar-refractivity contribution in [2.75, 3.05) is 0 Å². The minimum absolute atomic E-state index is 0.646. The Morgan fingerprint density at radius 2 is 2.22 bits per heavy atom. The van der Waals surface area contributed by atoms with Gasteiger partial charge in [-0.1, -0.05) is 13.8 Å². The van der Waals surface area contributed by atoms with Gasteiger partial charge in [0.2, 0.25) is 0 Å². The SMILES string of the molecule is C[C](C)/C=N/NC(N)=O. The van der Waals surface area contributed by atoms with E-state index < -0.39 is 6.03 Å². The van der Waals surface area contributed by atoms with Crippen LogP contribution in [-0.4, -0.2) is 12.2 Å². The van der Waals surface area contributed by atoms with Gasteiger partial charge in [0.25, 0.3) is 0 Å². The Morgan fingerprint density at radius 1 is 1.67 bits per heavy atom. The predicted octanol–water partition coefficient (Wildman–Crippen LogP) is 0.255. The fraction of sp³-hybridized carbons (Fsp3) is 0.400. The number of nitrogens with zero attached hydrogens (tertiary/aromatic N) is 1. The average molecular weight is 128 g/mol. The van der Waals surface area contributed by atoms with Crippen LogP contribution in [0.5, 0.6) is 0 Å². The number of rotatable bonds is 2. The maximum absolute atomic E-state index is 9.97. The number of carbonyl (C=O) groups excluding carboxylic acids is 1. The van der Waals surface area contributed by atoms with Crippen LogP contribution in [0.15, 0.2) is 5.10 Å². The first-order chi connectivity index (χ1) is 4.13. The van der Waals surface area contributed by atoms with Crippen molar-refractivity contribution in [2.24, 2.45) is 10.8 Å². The summed E-state index contributed by atoms with van der Waals surface area (Å²) in [6.07, 6.45) is 1.52. The summed E-state index contributed by atoms with van der Waals surface area (Å²) >= 11 is 0. The van der Waals surface area contributed by atoms with Crippen LogP contribution in [0.2, 0.25) is 0 Å². The molecule has 0 unspecified atom stereocenters. The van der Waals surface area contributed by atoms with Crippen LogP contribution >= 0.6 is 0 Å². The Bertz CT molecular complexity index is 119. The van der Waals surface area contributed by atoms with E-state index in [0.717, 1.165) is 5.92 Å². The third-order valence-electron chi connectivity index (χ3n) is 0.497. The van der Waals surface area contributed by atoms with Crippen molar-refractivity contribution >= 4 is 12.2 Å². The normalized spacial score (nSPS) is 10.6. The van der Waals surface area contributed by atoms with E-state index in [1.165, 1.54) is 6.21 Å². The monoisotopic (exact) mass is 128 g/mol. The zero-order chi connectivity index (χ0) is 7.28. The molecule has 0 bridgehead atoms.